The second-order valence-electron chi connectivity index (χ2n) is 2.42. The molecule has 0 radical (unpaired) electrons. The van der Waals surface area contributed by atoms with E-state index in [4.69, 9.17) is 0 Å². The number of hydrogen-bond donors (Lipinski definition) is 1. The number of rotatable bonds is 2. The Hall–Kier alpha value is -1.85. The van der Waals surface area contributed by atoms with Gasteiger partial charge in [-0.15, -0.1) is 0 Å². The molecule has 1 aromatic rings. The van der Waals surface area contributed by atoms with Crippen LogP contribution in [-0.2, 0) is 4.74 Å². The van der Waals surface area contributed by atoms with Crippen molar-refractivity contribution in [1.82, 2.24) is 4.98 Å². The highest BCUT2D eigenvalue weighted by Gasteiger charge is 2.20. The lowest BCUT2D eigenvalue weighted by atomic mass is 10.2. The van der Waals surface area contributed by atoms with Crippen LogP contribution in [0.1, 0.15) is 16.1 Å². The molecule has 0 spiro atoms. The SMILES string of the molecule is COC(=O)c1[nH]cc([N+](=O)[O-])c1C. The number of ether oxygens (including phenoxy) is 1. The van der Waals surface area contributed by atoms with Crippen LogP contribution in [0.15, 0.2) is 6.20 Å². The number of nitrogens with one attached hydrogen (secondary N) is 1. The molecule has 0 saturated heterocycles. The summed E-state index contributed by atoms with van der Waals surface area (Å²) in [6.45, 7) is 1.49. The second-order valence-corrected chi connectivity index (χ2v) is 2.42. The Bertz CT molecular complexity index is 355. The molecule has 1 aromatic heterocycles. The summed E-state index contributed by atoms with van der Waals surface area (Å²) in [5, 5.41) is 10.4. The third-order valence-corrected chi connectivity index (χ3v) is 1.70. The van der Waals surface area contributed by atoms with Gasteiger partial charge in [0.1, 0.15) is 5.69 Å². The van der Waals surface area contributed by atoms with Gasteiger partial charge in [0, 0.05) is 0 Å². The Morgan fingerprint density at radius 1 is 1.69 bits per heavy atom. The molecule has 0 aliphatic heterocycles. The molecule has 0 aliphatic carbocycles. The third-order valence-electron chi connectivity index (χ3n) is 1.70. The van der Waals surface area contributed by atoms with E-state index in [-0.39, 0.29) is 16.9 Å². The van der Waals surface area contributed by atoms with Crippen molar-refractivity contribution in [3.63, 3.8) is 0 Å². The first-order valence-electron chi connectivity index (χ1n) is 3.48. The Labute approximate surface area is 73.7 Å². The van der Waals surface area contributed by atoms with Crippen molar-refractivity contribution in [2.75, 3.05) is 7.11 Å². The van der Waals surface area contributed by atoms with Gasteiger partial charge in [-0.1, -0.05) is 0 Å². The van der Waals surface area contributed by atoms with Crippen LogP contribution >= 0.6 is 0 Å². The standard InChI is InChI=1S/C7H8N2O4/c1-4-5(9(11)12)3-8-6(4)7(10)13-2/h3,8H,1-2H3. The van der Waals surface area contributed by atoms with E-state index >= 15 is 0 Å². The van der Waals surface area contributed by atoms with Crippen LogP contribution in [0, 0.1) is 17.0 Å². The van der Waals surface area contributed by atoms with E-state index in [0.717, 1.165) is 0 Å². The van der Waals surface area contributed by atoms with E-state index in [1.807, 2.05) is 0 Å². The van der Waals surface area contributed by atoms with Crippen LogP contribution in [0.2, 0.25) is 0 Å². The Morgan fingerprint density at radius 2 is 2.31 bits per heavy atom. The lowest BCUT2D eigenvalue weighted by Crippen LogP contribution is -2.03. The number of nitrogens with zero attached hydrogens (tertiary/aromatic N) is 1. The molecule has 0 fully saturated rings. The molecular weight excluding hydrogens is 176 g/mol. The van der Waals surface area contributed by atoms with E-state index in [1.54, 1.807) is 0 Å². The predicted molar refractivity (Wildman–Crippen MR) is 43.5 cm³/mol. The van der Waals surface area contributed by atoms with Gasteiger partial charge in [0.25, 0.3) is 5.69 Å². The van der Waals surface area contributed by atoms with Crippen LogP contribution in [-0.4, -0.2) is 23.0 Å². The monoisotopic (exact) mass is 184 g/mol. The predicted octanol–water partition coefficient (Wildman–Crippen LogP) is 1.02. The maximum absolute atomic E-state index is 11.0. The molecule has 0 unspecified atom stereocenters. The molecule has 1 heterocycles. The first kappa shape index (κ1) is 9.24. The number of hydrogen-bond acceptors (Lipinski definition) is 4. The lowest BCUT2D eigenvalue weighted by molar-refractivity contribution is -0.385. The van der Waals surface area contributed by atoms with Gasteiger partial charge in [0.2, 0.25) is 0 Å². The summed E-state index contributed by atoms with van der Waals surface area (Å²) in [5.41, 5.74) is 0.298. The maximum Gasteiger partial charge on any atom is 0.355 e. The van der Waals surface area contributed by atoms with Gasteiger partial charge in [-0.25, -0.2) is 4.79 Å². The summed E-state index contributed by atoms with van der Waals surface area (Å²) in [7, 11) is 1.22. The largest absolute Gasteiger partial charge is 0.464 e. The van der Waals surface area contributed by atoms with E-state index in [2.05, 4.69) is 9.72 Å². The van der Waals surface area contributed by atoms with Gasteiger partial charge in [0.15, 0.2) is 0 Å². The van der Waals surface area contributed by atoms with Gasteiger partial charge in [-0.05, 0) is 6.92 Å². The van der Waals surface area contributed by atoms with Crippen LogP contribution in [0.3, 0.4) is 0 Å². The molecule has 0 saturated carbocycles. The van der Waals surface area contributed by atoms with Crippen molar-refractivity contribution in [3.8, 4) is 0 Å². The molecule has 6 nitrogen and oxygen atoms in total. The average molecular weight is 184 g/mol. The zero-order valence-corrected chi connectivity index (χ0v) is 7.16. The van der Waals surface area contributed by atoms with Crippen molar-refractivity contribution >= 4 is 11.7 Å². The van der Waals surface area contributed by atoms with Gasteiger partial charge >= 0.3 is 5.97 Å². The summed E-state index contributed by atoms with van der Waals surface area (Å²) in [4.78, 5) is 23.3. The molecule has 0 aromatic carbocycles. The number of aromatic amines is 1. The second kappa shape index (κ2) is 3.26. The first-order valence-corrected chi connectivity index (χ1v) is 3.48. The van der Waals surface area contributed by atoms with Crippen LogP contribution < -0.4 is 0 Å². The minimum absolute atomic E-state index is 0.111. The zero-order valence-electron chi connectivity index (χ0n) is 7.16. The number of esters is 1. The van der Waals surface area contributed by atoms with E-state index < -0.39 is 10.9 Å². The van der Waals surface area contributed by atoms with Gasteiger partial charge in [-0.2, -0.15) is 0 Å². The Kier molecular flexibility index (Phi) is 2.32. The molecule has 0 atom stereocenters. The van der Waals surface area contributed by atoms with E-state index in [1.165, 1.54) is 20.2 Å². The molecule has 0 bridgehead atoms. The fourth-order valence-corrected chi connectivity index (χ4v) is 0.989. The van der Waals surface area contributed by atoms with E-state index in [9.17, 15) is 14.9 Å². The zero-order chi connectivity index (χ0) is 10.0. The van der Waals surface area contributed by atoms with Crippen molar-refractivity contribution in [1.29, 1.82) is 0 Å². The maximum atomic E-state index is 11.0. The smallest absolute Gasteiger partial charge is 0.355 e. The summed E-state index contributed by atoms with van der Waals surface area (Å²) in [6, 6.07) is 0. The first-order chi connectivity index (χ1) is 6.07. The number of methoxy groups -OCH3 is 1. The van der Waals surface area contributed by atoms with Crippen molar-refractivity contribution in [3.05, 3.63) is 27.6 Å². The Balaban J connectivity index is 3.13. The van der Waals surface area contributed by atoms with Crippen LogP contribution in [0.25, 0.3) is 0 Å². The lowest BCUT2D eigenvalue weighted by Gasteiger charge is -1.95. The number of aromatic nitrogens is 1. The Morgan fingerprint density at radius 3 is 2.69 bits per heavy atom. The highest BCUT2D eigenvalue weighted by atomic mass is 16.6. The fraction of sp³-hybridized carbons (Fsp3) is 0.286. The van der Waals surface area contributed by atoms with Gasteiger partial charge < -0.3 is 9.72 Å². The highest BCUT2D eigenvalue weighted by molar-refractivity contribution is 5.90. The average Bonchev–Trinajstić information content (AvgIpc) is 2.46. The number of nitro groups is 1. The molecule has 0 aliphatic rings. The topological polar surface area (TPSA) is 85.2 Å². The molecular formula is C7H8N2O4. The number of carbonyl (C=O) groups excluding carboxylic acids is 1. The molecule has 0 amide bonds. The van der Waals surface area contributed by atoms with Gasteiger partial charge in [-0.3, -0.25) is 10.1 Å². The van der Waals surface area contributed by atoms with Crippen molar-refractivity contribution in [2.24, 2.45) is 0 Å². The molecule has 1 N–H and O–H groups in total. The highest BCUT2D eigenvalue weighted by Crippen LogP contribution is 2.20. The quantitative estimate of drug-likeness (QED) is 0.422. The number of H-pyrrole nitrogens is 1. The third kappa shape index (κ3) is 1.51. The van der Waals surface area contributed by atoms with E-state index in [0.29, 0.717) is 0 Å². The van der Waals surface area contributed by atoms with Crippen molar-refractivity contribution in [2.45, 2.75) is 6.92 Å². The van der Waals surface area contributed by atoms with Gasteiger partial charge in [0.05, 0.1) is 23.8 Å². The minimum atomic E-state index is -0.606. The summed E-state index contributed by atoms with van der Waals surface area (Å²) in [6.07, 6.45) is 1.17. The molecule has 13 heavy (non-hydrogen) atoms. The summed E-state index contributed by atoms with van der Waals surface area (Å²) >= 11 is 0. The fourth-order valence-electron chi connectivity index (χ4n) is 0.989. The minimum Gasteiger partial charge on any atom is -0.464 e. The summed E-state index contributed by atoms with van der Waals surface area (Å²) in [5.74, 6) is -0.606. The van der Waals surface area contributed by atoms with Crippen molar-refractivity contribution < 1.29 is 14.5 Å². The number of carbonyl (C=O) groups is 1. The molecule has 1 rings (SSSR count). The molecule has 70 valence electrons. The normalized spacial score (nSPS) is 9.69. The molecule has 6 heteroatoms. The summed E-state index contributed by atoms with van der Waals surface area (Å²) < 4.78 is 4.42. The van der Waals surface area contributed by atoms with Crippen LogP contribution in [0.4, 0.5) is 5.69 Å². The van der Waals surface area contributed by atoms with Crippen LogP contribution in [0.5, 0.6) is 0 Å².